The molecule has 0 saturated carbocycles. The number of fused-ring (bicyclic) bond motifs is 1. The van der Waals surface area contributed by atoms with E-state index in [0.29, 0.717) is 35.4 Å². The molecular formula is C17H15BrClNO3S. The van der Waals surface area contributed by atoms with Gasteiger partial charge in [-0.1, -0.05) is 39.7 Å². The molecule has 1 amide bonds. The van der Waals surface area contributed by atoms with Crippen LogP contribution in [0.15, 0.2) is 40.9 Å². The molecule has 0 fully saturated rings. The fraction of sp³-hybridized carbons (Fsp3) is 0.235. The maximum Gasteiger partial charge on any atom is 0.234 e. The number of rotatable bonds is 5. The van der Waals surface area contributed by atoms with Crippen LogP contribution in [0.2, 0.25) is 5.02 Å². The predicted molar refractivity (Wildman–Crippen MR) is 101 cm³/mol. The van der Waals surface area contributed by atoms with Gasteiger partial charge in [0.05, 0.1) is 16.5 Å². The largest absolute Gasteiger partial charge is 0.486 e. The molecule has 7 heteroatoms. The third kappa shape index (κ3) is 4.37. The van der Waals surface area contributed by atoms with Gasteiger partial charge in [0.15, 0.2) is 11.5 Å². The Bertz CT molecular complexity index is 757. The van der Waals surface area contributed by atoms with Crippen molar-refractivity contribution in [2.45, 2.75) is 5.75 Å². The van der Waals surface area contributed by atoms with Crippen molar-refractivity contribution in [2.24, 2.45) is 0 Å². The van der Waals surface area contributed by atoms with E-state index in [1.807, 2.05) is 24.3 Å². The van der Waals surface area contributed by atoms with Crippen LogP contribution in [-0.2, 0) is 10.5 Å². The molecule has 0 aliphatic carbocycles. The maximum absolute atomic E-state index is 12.0. The lowest BCUT2D eigenvalue weighted by atomic mass is 10.2. The van der Waals surface area contributed by atoms with E-state index >= 15 is 0 Å². The second kappa shape index (κ2) is 8.14. The first-order valence-corrected chi connectivity index (χ1v) is 9.66. The fourth-order valence-electron chi connectivity index (χ4n) is 2.22. The number of thioether (sulfide) groups is 1. The Labute approximate surface area is 158 Å². The SMILES string of the molecule is O=C(CSCc1cc2c(cc1Br)OCCO2)Nc1ccccc1Cl. The van der Waals surface area contributed by atoms with Gasteiger partial charge in [-0.2, -0.15) is 0 Å². The van der Waals surface area contributed by atoms with Crippen molar-refractivity contribution >= 4 is 50.9 Å². The van der Waals surface area contributed by atoms with E-state index < -0.39 is 0 Å². The zero-order valence-electron chi connectivity index (χ0n) is 12.7. The van der Waals surface area contributed by atoms with E-state index in [1.54, 1.807) is 12.1 Å². The molecule has 0 unspecified atom stereocenters. The van der Waals surface area contributed by atoms with Crippen molar-refractivity contribution in [1.29, 1.82) is 0 Å². The predicted octanol–water partition coefficient (Wildman–Crippen LogP) is 4.75. The quantitative estimate of drug-likeness (QED) is 0.747. The molecule has 1 aliphatic rings. The molecule has 2 aromatic carbocycles. The molecular weight excluding hydrogens is 414 g/mol. The monoisotopic (exact) mass is 427 g/mol. The van der Waals surface area contributed by atoms with Crippen molar-refractivity contribution in [1.82, 2.24) is 0 Å². The van der Waals surface area contributed by atoms with Crippen LogP contribution >= 0.6 is 39.3 Å². The highest BCUT2D eigenvalue weighted by atomic mass is 79.9. The highest BCUT2D eigenvalue weighted by Gasteiger charge is 2.15. The van der Waals surface area contributed by atoms with Gasteiger partial charge in [0.1, 0.15) is 13.2 Å². The minimum absolute atomic E-state index is 0.0817. The van der Waals surface area contributed by atoms with E-state index in [9.17, 15) is 4.79 Å². The molecule has 126 valence electrons. The van der Waals surface area contributed by atoms with E-state index in [1.165, 1.54) is 11.8 Å². The van der Waals surface area contributed by atoms with Gasteiger partial charge in [-0.3, -0.25) is 4.79 Å². The average molecular weight is 429 g/mol. The summed E-state index contributed by atoms with van der Waals surface area (Å²) < 4.78 is 12.1. The number of nitrogens with one attached hydrogen (secondary N) is 1. The van der Waals surface area contributed by atoms with Gasteiger partial charge >= 0.3 is 0 Å². The molecule has 0 aromatic heterocycles. The Balaban J connectivity index is 1.55. The number of hydrogen-bond donors (Lipinski definition) is 1. The normalized spacial score (nSPS) is 12.8. The number of benzene rings is 2. The summed E-state index contributed by atoms with van der Waals surface area (Å²) in [4.78, 5) is 12.0. The van der Waals surface area contributed by atoms with Gasteiger partial charge in [0, 0.05) is 10.2 Å². The molecule has 1 heterocycles. The van der Waals surface area contributed by atoms with Crippen molar-refractivity contribution in [3.05, 3.63) is 51.5 Å². The number of hydrogen-bond acceptors (Lipinski definition) is 4. The Morgan fingerprint density at radius 3 is 2.67 bits per heavy atom. The second-order valence-electron chi connectivity index (χ2n) is 5.11. The van der Waals surface area contributed by atoms with Crippen molar-refractivity contribution < 1.29 is 14.3 Å². The summed E-state index contributed by atoms with van der Waals surface area (Å²) in [5, 5.41) is 3.35. The average Bonchev–Trinajstić information content (AvgIpc) is 2.57. The number of halogens is 2. The molecule has 0 spiro atoms. The van der Waals surface area contributed by atoms with Crippen LogP contribution in [0.5, 0.6) is 11.5 Å². The van der Waals surface area contributed by atoms with Crippen LogP contribution in [0.25, 0.3) is 0 Å². The highest BCUT2D eigenvalue weighted by Crippen LogP contribution is 2.36. The summed E-state index contributed by atoms with van der Waals surface area (Å²) >= 11 is 11.1. The fourth-order valence-corrected chi connectivity index (χ4v) is 3.87. The van der Waals surface area contributed by atoms with Crippen LogP contribution < -0.4 is 14.8 Å². The molecule has 0 atom stereocenters. The van der Waals surface area contributed by atoms with Gasteiger partial charge in [0.25, 0.3) is 0 Å². The number of para-hydroxylation sites is 1. The Morgan fingerprint density at radius 2 is 1.92 bits per heavy atom. The summed E-state index contributed by atoms with van der Waals surface area (Å²) in [7, 11) is 0. The van der Waals surface area contributed by atoms with Crippen molar-refractivity contribution in [3.63, 3.8) is 0 Å². The van der Waals surface area contributed by atoms with Crippen LogP contribution in [0.3, 0.4) is 0 Å². The highest BCUT2D eigenvalue weighted by molar-refractivity contribution is 9.10. The first-order valence-electron chi connectivity index (χ1n) is 7.33. The third-order valence-electron chi connectivity index (χ3n) is 3.35. The maximum atomic E-state index is 12.0. The van der Waals surface area contributed by atoms with Crippen molar-refractivity contribution in [2.75, 3.05) is 24.3 Å². The number of carbonyl (C=O) groups is 1. The second-order valence-corrected chi connectivity index (χ2v) is 7.36. The summed E-state index contributed by atoms with van der Waals surface area (Å²) in [6, 6.07) is 11.1. The number of ether oxygens (including phenoxy) is 2. The lowest BCUT2D eigenvalue weighted by Crippen LogP contribution is -2.16. The molecule has 0 radical (unpaired) electrons. The van der Waals surface area contributed by atoms with E-state index in [4.69, 9.17) is 21.1 Å². The minimum Gasteiger partial charge on any atom is -0.486 e. The molecule has 2 aromatic rings. The Morgan fingerprint density at radius 1 is 1.21 bits per heavy atom. The molecule has 0 bridgehead atoms. The summed E-state index contributed by atoms with van der Waals surface area (Å²) in [6.45, 7) is 1.12. The van der Waals surface area contributed by atoms with Crippen LogP contribution in [0.1, 0.15) is 5.56 Å². The first-order chi connectivity index (χ1) is 11.6. The zero-order valence-corrected chi connectivity index (χ0v) is 15.8. The third-order valence-corrected chi connectivity index (χ3v) is 5.40. The molecule has 1 N–H and O–H groups in total. The molecule has 0 saturated heterocycles. The van der Waals surface area contributed by atoms with Crippen LogP contribution in [0, 0.1) is 0 Å². The minimum atomic E-state index is -0.0817. The number of anilines is 1. The lowest BCUT2D eigenvalue weighted by molar-refractivity contribution is -0.113. The van der Waals surface area contributed by atoms with Gasteiger partial charge in [0.2, 0.25) is 5.91 Å². The van der Waals surface area contributed by atoms with E-state index in [0.717, 1.165) is 21.5 Å². The first kappa shape index (κ1) is 17.5. The smallest absolute Gasteiger partial charge is 0.234 e. The Hall–Kier alpha value is -1.37. The van der Waals surface area contributed by atoms with Gasteiger partial charge in [-0.05, 0) is 29.8 Å². The zero-order chi connectivity index (χ0) is 16.9. The molecule has 1 aliphatic heterocycles. The van der Waals surface area contributed by atoms with Crippen LogP contribution in [-0.4, -0.2) is 24.9 Å². The van der Waals surface area contributed by atoms with Crippen molar-refractivity contribution in [3.8, 4) is 11.5 Å². The molecule has 4 nitrogen and oxygen atoms in total. The van der Waals surface area contributed by atoms with Crippen LogP contribution in [0.4, 0.5) is 5.69 Å². The summed E-state index contributed by atoms with van der Waals surface area (Å²) in [5.74, 6) is 2.44. The lowest BCUT2D eigenvalue weighted by Gasteiger charge is -2.19. The summed E-state index contributed by atoms with van der Waals surface area (Å²) in [5.41, 5.74) is 1.69. The standard InChI is InChI=1S/C17H15BrClNO3S/c18-12-8-16-15(22-5-6-23-16)7-11(12)9-24-10-17(21)20-14-4-2-1-3-13(14)19/h1-4,7-8H,5-6,9-10H2,(H,20,21). The topological polar surface area (TPSA) is 47.6 Å². The van der Waals surface area contributed by atoms with Gasteiger partial charge in [-0.15, -0.1) is 11.8 Å². The van der Waals surface area contributed by atoms with Gasteiger partial charge < -0.3 is 14.8 Å². The molecule has 3 rings (SSSR count). The number of carbonyl (C=O) groups excluding carboxylic acids is 1. The van der Waals surface area contributed by atoms with E-state index in [-0.39, 0.29) is 5.91 Å². The summed E-state index contributed by atoms with van der Waals surface area (Å²) in [6.07, 6.45) is 0. The number of amides is 1. The Kier molecular flexibility index (Phi) is 5.92. The van der Waals surface area contributed by atoms with Gasteiger partial charge in [-0.25, -0.2) is 0 Å². The van der Waals surface area contributed by atoms with E-state index in [2.05, 4.69) is 21.2 Å². The molecule has 24 heavy (non-hydrogen) atoms.